The summed E-state index contributed by atoms with van der Waals surface area (Å²) in [5.74, 6) is 2.64. The minimum atomic E-state index is 0.0415. The maximum Gasteiger partial charge on any atom is 0.234 e. The molecule has 0 saturated carbocycles. The van der Waals surface area contributed by atoms with Crippen molar-refractivity contribution in [3.8, 4) is 12.3 Å². The van der Waals surface area contributed by atoms with Crippen molar-refractivity contribution in [2.75, 3.05) is 6.54 Å². The second-order valence-electron chi connectivity index (χ2n) is 3.77. The molecule has 15 heavy (non-hydrogen) atoms. The first-order valence-corrected chi connectivity index (χ1v) is 5.60. The molecule has 3 heteroatoms. The van der Waals surface area contributed by atoms with Crippen molar-refractivity contribution in [2.24, 2.45) is 0 Å². The Bertz CT molecular complexity index is 220. The van der Waals surface area contributed by atoms with Crippen LogP contribution in [0.4, 0.5) is 0 Å². The zero-order chi connectivity index (χ0) is 11.7. The van der Waals surface area contributed by atoms with Gasteiger partial charge in [-0.15, -0.1) is 12.3 Å². The molecule has 86 valence electrons. The first-order chi connectivity index (χ1) is 7.13. The van der Waals surface area contributed by atoms with Gasteiger partial charge in [-0.1, -0.05) is 13.8 Å². The molecule has 1 amide bonds. The molecule has 2 unspecified atom stereocenters. The Morgan fingerprint density at radius 2 is 2.07 bits per heavy atom. The average Bonchev–Trinajstić information content (AvgIpc) is 2.23. The number of terminal acetylenes is 1. The third kappa shape index (κ3) is 6.98. The van der Waals surface area contributed by atoms with Crippen LogP contribution in [-0.4, -0.2) is 24.5 Å². The second-order valence-corrected chi connectivity index (χ2v) is 3.77. The van der Waals surface area contributed by atoms with Crippen LogP contribution in [0.3, 0.4) is 0 Å². The minimum absolute atomic E-state index is 0.0415. The van der Waals surface area contributed by atoms with Crippen LogP contribution in [-0.2, 0) is 4.79 Å². The van der Waals surface area contributed by atoms with Crippen LogP contribution < -0.4 is 10.6 Å². The Morgan fingerprint density at radius 3 is 2.53 bits per heavy atom. The highest BCUT2D eigenvalue weighted by Crippen LogP contribution is 1.95. The van der Waals surface area contributed by atoms with Crippen LogP contribution in [0.15, 0.2) is 0 Å². The van der Waals surface area contributed by atoms with E-state index in [1.54, 1.807) is 0 Å². The normalized spacial score (nSPS) is 14.0. The van der Waals surface area contributed by atoms with E-state index in [9.17, 15) is 4.79 Å². The van der Waals surface area contributed by atoms with E-state index in [0.717, 1.165) is 12.8 Å². The summed E-state index contributed by atoms with van der Waals surface area (Å²) in [4.78, 5) is 11.4. The van der Waals surface area contributed by atoms with Crippen molar-refractivity contribution < 1.29 is 4.79 Å². The maximum atomic E-state index is 11.4. The molecule has 2 N–H and O–H groups in total. The molecular formula is C12H22N2O. The Balaban J connectivity index is 3.74. The molecule has 0 aromatic heterocycles. The SMILES string of the molecule is C#CCC(CC)NCC(=O)NC(C)CC. The molecule has 0 aliphatic rings. The van der Waals surface area contributed by atoms with E-state index >= 15 is 0 Å². The van der Waals surface area contributed by atoms with Crippen LogP contribution >= 0.6 is 0 Å². The Labute approximate surface area is 93.0 Å². The van der Waals surface area contributed by atoms with Crippen LogP contribution in [0, 0.1) is 12.3 Å². The Kier molecular flexibility index (Phi) is 7.75. The lowest BCUT2D eigenvalue weighted by Gasteiger charge is -2.16. The van der Waals surface area contributed by atoms with E-state index in [4.69, 9.17) is 6.42 Å². The monoisotopic (exact) mass is 210 g/mol. The van der Waals surface area contributed by atoms with Gasteiger partial charge in [0.25, 0.3) is 0 Å². The van der Waals surface area contributed by atoms with E-state index in [2.05, 4.69) is 23.5 Å². The summed E-state index contributed by atoms with van der Waals surface area (Å²) in [5.41, 5.74) is 0. The number of hydrogen-bond donors (Lipinski definition) is 2. The van der Waals surface area contributed by atoms with Gasteiger partial charge in [-0.25, -0.2) is 0 Å². The van der Waals surface area contributed by atoms with Crippen molar-refractivity contribution in [3.05, 3.63) is 0 Å². The van der Waals surface area contributed by atoms with Crippen molar-refractivity contribution in [1.82, 2.24) is 10.6 Å². The molecule has 0 aliphatic heterocycles. The Morgan fingerprint density at radius 1 is 1.40 bits per heavy atom. The molecule has 0 heterocycles. The van der Waals surface area contributed by atoms with Gasteiger partial charge in [0.05, 0.1) is 6.54 Å². The van der Waals surface area contributed by atoms with Gasteiger partial charge in [0.2, 0.25) is 5.91 Å². The van der Waals surface area contributed by atoms with Crippen LogP contribution in [0.5, 0.6) is 0 Å². The van der Waals surface area contributed by atoms with Crippen molar-refractivity contribution >= 4 is 5.91 Å². The largest absolute Gasteiger partial charge is 0.353 e. The summed E-state index contributed by atoms with van der Waals surface area (Å²) in [7, 11) is 0. The van der Waals surface area contributed by atoms with E-state index < -0.39 is 0 Å². The average molecular weight is 210 g/mol. The summed E-state index contributed by atoms with van der Waals surface area (Å²) in [6.07, 6.45) is 7.79. The quantitative estimate of drug-likeness (QED) is 0.622. The van der Waals surface area contributed by atoms with Gasteiger partial charge >= 0.3 is 0 Å². The Hall–Kier alpha value is -1.01. The van der Waals surface area contributed by atoms with Crippen LogP contribution in [0.2, 0.25) is 0 Å². The lowest BCUT2D eigenvalue weighted by atomic mass is 10.1. The maximum absolute atomic E-state index is 11.4. The highest BCUT2D eigenvalue weighted by Gasteiger charge is 2.08. The van der Waals surface area contributed by atoms with Crippen LogP contribution in [0.1, 0.15) is 40.0 Å². The number of hydrogen-bond acceptors (Lipinski definition) is 2. The zero-order valence-electron chi connectivity index (χ0n) is 9.97. The van der Waals surface area contributed by atoms with Crippen LogP contribution in [0.25, 0.3) is 0 Å². The highest BCUT2D eigenvalue weighted by molar-refractivity contribution is 5.78. The molecule has 0 rings (SSSR count). The number of amides is 1. The molecule has 0 saturated heterocycles. The molecular weight excluding hydrogens is 188 g/mol. The third-order valence-corrected chi connectivity index (χ3v) is 2.43. The predicted octanol–water partition coefficient (Wildman–Crippen LogP) is 1.29. The number of rotatable bonds is 7. The fourth-order valence-corrected chi connectivity index (χ4v) is 1.17. The standard InChI is InChI=1S/C12H22N2O/c1-5-8-11(7-3)13-9-12(15)14-10(4)6-2/h1,10-11,13H,6-9H2,2-4H3,(H,14,15). The summed E-state index contributed by atoms with van der Waals surface area (Å²) < 4.78 is 0. The molecule has 0 spiro atoms. The molecule has 0 fully saturated rings. The molecule has 0 aromatic carbocycles. The van der Waals surface area contributed by atoms with Crippen molar-refractivity contribution in [1.29, 1.82) is 0 Å². The van der Waals surface area contributed by atoms with E-state index in [-0.39, 0.29) is 18.0 Å². The number of carbonyl (C=O) groups is 1. The summed E-state index contributed by atoms with van der Waals surface area (Å²) in [6, 6.07) is 0.490. The second kappa shape index (κ2) is 8.31. The summed E-state index contributed by atoms with van der Waals surface area (Å²) >= 11 is 0. The third-order valence-electron chi connectivity index (χ3n) is 2.43. The highest BCUT2D eigenvalue weighted by atomic mass is 16.1. The zero-order valence-corrected chi connectivity index (χ0v) is 9.97. The van der Waals surface area contributed by atoms with E-state index in [0.29, 0.717) is 13.0 Å². The smallest absolute Gasteiger partial charge is 0.234 e. The van der Waals surface area contributed by atoms with Crippen molar-refractivity contribution in [2.45, 2.75) is 52.1 Å². The number of carbonyl (C=O) groups excluding carboxylic acids is 1. The lowest BCUT2D eigenvalue weighted by Crippen LogP contribution is -2.41. The van der Waals surface area contributed by atoms with Gasteiger partial charge in [-0.3, -0.25) is 4.79 Å². The van der Waals surface area contributed by atoms with Gasteiger partial charge in [0, 0.05) is 18.5 Å². The first-order valence-electron chi connectivity index (χ1n) is 5.60. The fourth-order valence-electron chi connectivity index (χ4n) is 1.17. The van der Waals surface area contributed by atoms with Gasteiger partial charge in [0.15, 0.2) is 0 Å². The molecule has 2 atom stereocenters. The molecule has 3 nitrogen and oxygen atoms in total. The lowest BCUT2D eigenvalue weighted by molar-refractivity contribution is -0.121. The molecule has 0 radical (unpaired) electrons. The molecule has 0 bridgehead atoms. The van der Waals surface area contributed by atoms with Gasteiger partial charge in [0.1, 0.15) is 0 Å². The summed E-state index contributed by atoms with van der Waals surface area (Å²) in [5, 5.41) is 6.04. The molecule has 0 aromatic rings. The number of nitrogens with one attached hydrogen (secondary N) is 2. The summed E-state index contributed by atoms with van der Waals surface area (Å²) in [6.45, 7) is 6.45. The fraction of sp³-hybridized carbons (Fsp3) is 0.750. The van der Waals surface area contributed by atoms with Gasteiger partial charge < -0.3 is 10.6 Å². The van der Waals surface area contributed by atoms with Crippen molar-refractivity contribution in [3.63, 3.8) is 0 Å². The van der Waals surface area contributed by atoms with E-state index in [1.807, 2.05) is 13.8 Å². The molecule has 0 aliphatic carbocycles. The van der Waals surface area contributed by atoms with Gasteiger partial charge in [-0.05, 0) is 19.8 Å². The predicted molar refractivity (Wildman–Crippen MR) is 63.4 cm³/mol. The van der Waals surface area contributed by atoms with Gasteiger partial charge in [-0.2, -0.15) is 0 Å². The first kappa shape index (κ1) is 14.0. The van der Waals surface area contributed by atoms with E-state index in [1.165, 1.54) is 0 Å². The minimum Gasteiger partial charge on any atom is -0.353 e. The topological polar surface area (TPSA) is 41.1 Å².